The van der Waals surface area contributed by atoms with Crippen LogP contribution in [0, 0.1) is 0 Å². The van der Waals surface area contributed by atoms with E-state index in [1.807, 2.05) is 12.1 Å². The number of benzene rings is 2. The Hall–Kier alpha value is -1.55. The molecule has 2 rings (SSSR count). The van der Waals surface area contributed by atoms with E-state index in [2.05, 4.69) is 5.32 Å². The van der Waals surface area contributed by atoms with Crippen molar-refractivity contribution in [3.8, 4) is 0 Å². The first kappa shape index (κ1) is 14.9. The number of hydrogen-bond donors (Lipinski definition) is 2. The Bertz CT molecular complexity index is 636. The number of nitrogens with two attached hydrogens (primary N) is 1. The number of hydrogen-bond acceptors (Lipinski definition) is 3. The van der Waals surface area contributed by atoms with Crippen LogP contribution in [0.5, 0.6) is 0 Å². The Kier molecular flexibility index (Phi) is 4.65. The monoisotopic (exact) mass is 308 g/mol. The maximum absolute atomic E-state index is 11.7. The zero-order valence-corrected chi connectivity index (χ0v) is 12.4. The highest BCUT2D eigenvalue weighted by atomic mass is 35.5. The number of Topliss-reactive ketones (excluding diaryl/α,β-unsaturated/α-hetero) is 1. The Morgan fingerprint density at radius 3 is 2.40 bits per heavy atom. The highest BCUT2D eigenvalue weighted by molar-refractivity contribution is 6.39. The number of para-hydroxylation sites is 1. The molecule has 0 heterocycles. The highest BCUT2D eigenvalue weighted by Crippen LogP contribution is 2.34. The molecule has 0 saturated carbocycles. The van der Waals surface area contributed by atoms with Crippen LogP contribution in [0.1, 0.15) is 22.8 Å². The lowest BCUT2D eigenvalue weighted by Crippen LogP contribution is -2.04. The zero-order chi connectivity index (χ0) is 14.7. The summed E-state index contributed by atoms with van der Waals surface area (Å²) >= 11 is 12.3. The maximum atomic E-state index is 11.7. The van der Waals surface area contributed by atoms with Crippen LogP contribution in [0.3, 0.4) is 0 Å². The third-order valence-electron chi connectivity index (χ3n) is 2.92. The van der Waals surface area contributed by atoms with Crippen molar-refractivity contribution in [3.05, 3.63) is 57.6 Å². The molecule has 0 aromatic heterocycles. The molecule has 0 spiro atoms. The summed E-state index contributed by atoms with van der Waals surface area (Å²) in [6.45, 7) is 1.90. The van der Waals surface area contributed by atoms with Gasteiger partial charge in [-0.1, -0.05) is 35.3 Å². The molecular weight excluding hydrogens is 295 g/mol. The molecule has 3 N–H and O–H groups in total. The molecule has 0 aliphatic rings. The van der Waals surface area contributed by atoms with Crippen LogP contribution in [0.2, 0.25) is 10.0 Å². The van der Waals surface area contributed by atoms with Crippen LogP contribution in [0.15, 0.2) is 36.4 Å². The van der Waals surface area contributed by atoms with Crippen LogP contribution in [0.4, 0.5) is 11.4 Å². The number of rotatable bonds is 4. The van der Waals surface area contributed by atoms with Gasteiger partial charge in [-0.25, -0.2) is 0 Å². The Labute approximate surface area is 127 Å². The summed E-state index contributed by atoms with van der Waals surface area (Å²) in [6, 6.07) is 10.6. The van der Waals surface area contributed by atoms with Crippen molar-refractivity contribution in [2.45, 2.75) is 13.5 Å². The van der Waals surface area contributed by atoms with Gasteiger partial charge in [0.15, 0.2) is 5.78 Å². The summed E-state index contributed by atoms with van der Waals surface area (Å²) in [5, 5.41) is 4.11. The zero-order valence-electron chi connectivity index (χ0n) is 10.9. The van der Waals surface area contributed by atoms with E-state index in [1.165, 1.54) is 6.92 Å². The van der Waals surface area contributed by atoms with Gasteiger partial charge in [0.1, 0.15) is 0 Å². The molecule has 2 aromatic rings. The van der Waals surface area contributed by atoms with Gasteiger partial charge < -0.3 is 11.1 Å². The molecule has 5 heteroatoms. The lowest BCUT2D eigenvalue weighted by Gasteiger charge is -2.14. The van der Waals surface area contributed by atoms with Crippen molar-refractivity contribution in [1.29, 1.82) is 0 Å². The standard InChI is InChI=1S/C15H14Cl2N2O/c1-9(20)11-6-5-10(8-18)7-14(11)19-15-12(16)3-2-4-13(15)17/h2-7,19H,8,18H2,1H3. The van der Waals surface area contributed by atoms with Gasteiger partial charge in [-0.15, -0.1) is 0 Å². The van der Waals surface area contributed by atoms with Gasteiger partial charge in [0.05, 0.1) is 15.7 Å². The van der Waals surface area contributed by atoms with E-state index in [1.54, 1.807) is 24.3 Å². The molecule has 0 unspecified atom stereocenters. The second-order valence-electron chi connectivity index (χ2n) is 4.36. The number of halogens is 2. The molecular formula is C15H14Cl2N2O. The first-order valence-corrected chi connectivity index (χ1v) is 6.83. The molecule has 0 atom stereocenters. The summed E-state index contributed by atoms with van der Waals surface area (Å²) < 4.78 is 0. The van der Waals surface area contributed by atoms with Gasteiger partial charge in [-0.3, -0.25) is 4.79 Å². The minimum absolute atomic E-state index is 0.0424. The molecule has 0 amide bonds. The summed E-state index contributed by atoms with van der Waals surface area (Å²) in [7, 11) is 0. The Balaban J connectivity index is 2.49. The maximum Gasteiger partial charge on any atom is 0.161 e. The minimum Gasteiger partial charge on any atom is -0.352 e. The van der Waals surface area contributed by atoms with Gasteiger partial charge in [0.2, 0.25) is 0 Å². The van der Waals surface area contributed by atoms with Crippen molar-refractivity contribution in [3.63, 3.8) is 0 Å². The SMILES string of the molecule is CC(=O)c1ccc(CN)cc1Nc1c(Cl)cccc1Cl. The summed E-state index contributed by atoms with van der Waals surface area (Å²) in [5.74, 6) is -0.0424. The van der Waals surface area contributed by atoms with Crippen molar-refractivity contribution >= 4 is 40.4 Å². The first-order chi connectivity index (χ1) is 9.52. The smallest absolute Gasteiger partial charge is 0.161 e. The van der Waals surface area contributed by atoms with Crippen molar-refractivity contribution in [2.24, 2.45) is 5.73 Å². The topological polar surface area (TPSA) is 55.1 Å². The fourth-order valence-corrected chi connectivity index (χ4v) is 2.37. The van der Waals surface area contributed by atoms with E-state index in [4.69, 9.17) is 28.9 Å². The van der Waals surface area contributed by atoms with Gasteiger partial charge in [0, 0.05) is 17.8 Å². The van der Waals surface area contributed by atoms with Gasteiger partial charge in [-0.2, -0.15) is 0 Å². The fraction of sp³-hybridized carbons (Fsp3) is 0.133. The van der Waals surface area contributed by atoms with Gasteiger partial charge in [-0.05, 0) is 36.8 Å². The number of ketones is 1. The van der Waals surface area contributed by atoms with Gasteiger partial charge >= 0.3 is 0 Å². The molecule has 0 saturated heterocycles. The quantitative estimate of drug-likeness (QED) is 0.823. The molecule has 0 radical (unpaired) electrons. The van der Waals surface area contributed by atoms with E-state index in [9.17, 15) is 4.79 Å². The van der Waals surface area contributed by atoms with Crippen LogP contribution in [0.25, 0.3) is 0 Å². The first-order valence-electron chi connectivity index (χ1n) is 6.08. The number of nitrogens with one attached hydrogen (secondary N) is 1. The van der Waals surface area contributed by atoms with Crippen LogP contribution >= 0.6 is 23.2 Å². The second kappa shape index (κ2) is 6.27. The molecule has 104 valence electrons. The Morgan fingerprint density at radius 1 is 1.20 bits per heavy atom. The predicted molar refractivity (Wildman–Crippen MR) is 84.1 cm³/mol. The summed E-state index contributed by atoms with van der Waals surface area (Å²) in [5.41, 5.74) is 8.34. The third kappa shape index (κ3) is 3.12. The van der Waals surface area contributed by atoms with Crippen LogP contribution < -0.4 is 11.1 Å². The molecule has 0 aliphatic heterocycles. The lowest BCUT2D eigenvalue weighted by molar-refractivity contribution is 0.101. The fourth-order valence-electron chi connectivity index (χ4n) is 1.88. The minimum atomic E-state index is -0.0424. The van der Waals surface area contributed by atoms with E-state index >= 15 is 0 Å². The molecule has 3 nitrogen and oxygen atoms in total. The normalized spacial score (nSPS) is 10.4. The average molecular weight is 309 g/mol. The van der Waals surface area contributed by atoms with Crippen molar-refractivity contribution in [1.82, 2.24) is 0 Å². The van der Waals surface area contributed by atoms with E-state index in [-0.39, 0.29) is 5.78 Å². The summed E-state index contributed by atoms with van der Waals surface area (Å²) in [4.78, 5) is 11.7. The molecule has 2 aromatic carbocycles. The Morgan fingerprint density at radius 2 is 1.85 bits per heavy atom. The number of carbonyl (C=O) groups is 1. The van der Waals surface area contributed by atoms with Crippen LogP contribution in [-0.4, -0.2) is 5.78 Å². The van der Waals surface area contributed by atoms with Gasteiger partial charge in [0.25, 0.3) is 0 Å². The van der Waals surface area contributed by atoms with E-state index in [0.717, 1.165) is 5.56 Å². The number of carbonyl (C=O) groups excluding carboxylic acids is 1. The molecule has 20 heavy (non-hydrogen) atoms. The predicted octanol–water partition coefficient (Wildman–Crippen LogP) is 4.40. The molecule has 0 fully saturated rings. The largest absolute Gasteiger partial charge is 0.352 e. The van der Waals surface area contributed by atoms with Crippen molar-refractivity contribution < 1.29 is 4.79 Å². The van der Waals surface area contributed by atoms with E-state index in [0.29, 0.717) is 33.5 Å². The van der Waals surface area contributed by atoms with Crippen LogP contribution in [-0.2, 0) is 6.54 Å². The highest BCUT2D eigenvalue weighted by Gasteiger charge is 2.11. The second-order valence-corrected chi connectivity index (χ2v) is 5.18. The van der Waals surface area contributed by atoms with Crippen molar-refractivity contribution in [2.75, 3.05) is 5.32 Å². The average Bonchev–Trinajstić information content (AvgIpc) is 2.42. The van der Waals surface area contributed by atoms with E-state index < -0.39 is 0 Å². The third-order valence-corrected chi connectivity index (χ3v) is 3.55. The summed E-state index contributed by atoms with van der Waals surface area (Å²) in [6.07, 6.45) is 0. The molecule has 0 aliphatic carbocycles. The number of anilines is 2. The lowest BCUT2D eigenvalue weighted by atomic mass is 10.1. The molecule has 0 bridgehead atoms.